The summed E-state index contributed by atoms with van der Waals surface area (Å²) in [7, 11) is 1.89. The van der Waals surface area contributed by atoms with Gasteiger partial charge in [-0.2, -0.15) is 0 Å². The number of halogens is 1. The molecule has 2 rings (SSSR count). The number of hydrogen-bond donors (Lipinski definition) is 1. The summed E-state index contributed by atoms with van der Waals surface area (Å²) in [5.74, 6) is -0.483. The molecule has 0 radical (unpaired) electrons. The predicted molar refractivity (Wildman–Crippen MR) is 72.9 cm³/mol. The second-order valence-electron chi connectivity index (χ2n) is 5.06. The van der Waals surface area contributed by atoms with Crippen LogP contribution in [0, 0.1) is 15.9 Å². The fourth-order valence-electron chi connectivity index (χ4n) is 2.67. The molecule has 6 heteroatoms. The van der Waals surface area contributed by atoms with E-state index in [1.165, 1.54) is 12.1 Å². The van der Waals surface area contributed by atoms with Crippen LogP contribution in [0.1, 0.15) is 31.2 Å². The van der Waals surface area contributed by atoms with Crippen molar-refractivity contribution in [2.24, 2.45) is 0 Å². The molecule has 0 aromatic heterocycles. The Morgan fingerprint density at radius 2 is 2.20 bits per heavy atom. The minimum atomic E-state index is -0.505. The highest BCUT2D eigenvalue weighted by Crippen LogP contribution is 2.25. The van der Waals surface area contributed by atoms with Gasteiger partial charge in [-0.1, -0.05) is 12.8 Å². The van der Waals surface area contributed by atoms with E-state index >= 15 is 0 Å². The fraction of sp³-hybridized carbons (Fsp3) is 0.571. The van der Waals surface area contributed by atoms with Gasteiger partial charge in [0.15, 0.2) is 0 Å². The van der Waals surface area contributed by atoms with Crippen molar-refractivity contribution in [2.75, 3.05) is 7.05 Å². The number of nitrogens with zero attached hydrogens (tertiary/aromatic N) is 1. The first-order chi connectivity index (χ1) is 9.61. The van der Waals surface area contributed by atoms with Gasteiger partial charge in [0.05, 0.1) is 23.2 Å². The van der Waals surface area contributed by atoms with Gasteiger partial charge in [0, 0.05) is 12.1 Å². The van der Waals surface area contributed by atoms with Crippen molar-refractivity contribution in [3.8, 4) is 0 Å². The van der Waals surface area contributed by atoms with Gasteiger partial charge in [0.2, 0.25) is 0 Å². The molecular weight excluding hydrogens is 263 g/mol. The van der Waals surface area contributed by atoms with E-state index in [4.69, 9.17) is 4.74 Å². The van der Waals surface area contributed by atoms with Crippen molar-refractivity contribution in [3.05, 3.63) is 39.7 Å². The molecule has 1 fully saturated rings. The second-order valence-corrected chi connectivity index (χ2v) is 5.06. The van der Waals surface area contributed by atoms with E-state index in [1.807, 2.05) is 7.05 Å². The van der Waals surface area contributed by atoms with Crippen molar-refractivity contribution in [1.29, 1.82) is 0 Å². The Kier molecular flexibility index (Phi) is 5.03. The first-order valence-electron chi connectivity index (χ1n) is 6.83. The molecule has 0 amide bonds. The fourth-order valence-corrected chi connectivity index (χ4v) is 2.67. The zero-order valence-electron chi connectivity index (χ0n) is 11.5. The molecule has 110 valence electrons. The molecular formula is C14H19FN2O3. The van der Waals surface area contributed by atoms with Gasteiger partial charge in [-0.25, -0.2) is 4.39 Å². The summed E-state index contributed by atoms with van der Waals surface area (Å²) in [5.41, 5.74) is 0.193. The molecule has 20 heavy (non-hydrogen) atoms. The van der Waals surface area contributed by atoms with Gasteiger partial charge in [0.1, 0.15) is 5.82 Å². The Morgan fingerprint density at radius 1 is 1.45 bits per heavy atom. The Morgan fingerprint density at radius 3 is 2.90 bits per heavy atom. The number of hydrogen-bond acceptors (Lipinski definition) is 4. The molecule has 0 spiro atoms. The lowest BCUT2D eigenvalue weighted by Crippen LogP contribution is -2.41. The largest absolute Gasteiger partial charge is 0.372 e. The van der Waals surface area contributed by atoms with Crippen LogP contribution in [-0.2, 0) is 11.3 Å². The van der Waals surface area contributed by atoms with E-state index in [1.54, 1.807) is 0 Å². The SMILES string of the molecule is CNC1CCCCC1OCc1cc(F)ccc1[N+](=O)[O-]. The first-order valence-corrected chi connectivity index (χ1v) is 6.83. The smallest absolute Gasteiger partial charge is 0.275 e. The third-order valence-electron chi connectivity index (χ3n) is 3.76. The van der Waals surface area contributed by atoms with E-state index in [-0.39, 0.29) is 30.0 Å². The van der Waals surface area contributed by atoms with Gasteiger partial charge in [-0.15, -0.1) is 0 Å². The van der Waals surface area contributed by atoms with E-state index in [0.717, 1.165) is 31.7 Å². The normalized spacial score (nSPS) is 22.7. The van der Waals surface area contributed by atoms with Crippen molar-refractivity contribution in [1.82, 2.24) is 5.32 Å². The summed E-state index contributed by atoms with van der Waals surface area (Å²) >= 11 is 0. The Bertz CT molecular complexity index is 481. The van der Waals surface area contributed by atoms with E-state index < -0.39 is 10.7 Å². The first kappa shape index (κ1) is 14.9. The van der Waals surface area contributed by atoms with Crippen LogP contribution in [0.3, 0.4) is 0 Å². The van der Waals surface area contributed by atoms with Crippen LogP contribution in [0.25, 0.3) is 0 Å². The Balaban J connectivity index is 2.06. The number of nitro benzene ring substituents is 1. The highest BCUT2D eigenvalue weighted by atomic mass is 19.1. The lowest BCUT2D eigenvalue weighted by atomic mass is 9.92. The lowest BCUT2D eigenvalue weighted by molar-refractivity contribution is -0.386. The average molecular weight is 282 g/mol. The van der Waals surface area contributed by atoms with Gasteiger partial charge in [0.25, 0.3) is 5.69 Å². The zero-order valence-corrected chi connectivity index (χ0v) is 11.5. The summed E-state index contributed by atoms with van der Waals surface area (Å²) in [6.07, 6.45) is 4.23. The summed E-state index contributed by atoms with van der Waals surface area (Å²) in [5, 5.41) is 14.1. The van der Waals surface area contributed by atoms with Crippen LogP contribution in [0.5, 0.6) is 0 Å². The highest BCUT2D eigenvalue weighted by Gasteiger charge is 2.25. The van der Waals surface area contributed by atoms with Crippen molar-refractivity contribution < 1.29 is 14.1 Å². The molecule has 0 saturated heterocycles. The molecule has 1 aromatic rings. The summed E-state index contributed by atoms with van der Waals surface area (Å²) < 4.78 is 19.0. The van der Waals surface area contributed by atoms with Crippen molar-refractivity contribution in [2.45, 2.75) is 44.4 Å². The number of rotatable bonds is 5. The number of nitro groups is 1. The summed E-state index contributed by atoms with van der Waals surface area (Å²) in [4.78, 5) is 10.4. The van der Waals surface area contributed by atoms with Gasteiger partial charge in [-0.3, -0.25) is 10.1 Å². The maximum Gasteiger partial charge on any atom is 0.275 e. The molecule has 0 aliphatic heterocycles. The number of benzene rings is 1. The third kappa shape index (κ3) is 3.52. The van der Waals surface area contributed by atoms with Crippen LogP contribution in [0.4, 0.5) is 10.1 Å². The van der Waals surface area contributed by atoms with Gasteiger partial charge >= 0.3 is 0 Å². The van der Waals surface area contributed by atoms with E-state index in [9.17, 15) is 14.5 Å². The lowest BCUT2D eigenvalue weighted by Gasteiger charge is -2.31. The minimum absolute atomic E-state index is 0.0246. The third-order valence-corrected chi connectivity index (χ3v) is 3.76. The van der Waals surface area contributed by atoms with Crippen molar-refractivity contribution in [3.63, 3.8) is 0 Å². The number of ether oxygens (including phenoxy) is 1. The van der Waals surface area contributed by atoms with Crippen LogP contribution < -0.4 is 5.32 Å². The minimum Gasteiger partial charge on any atom is -0.372 e. The maximum absolute atomic E-state index is 13.2. The standard InChI is InChI=1S/C14H19FN2O3/c1-16-12-4-2-3-5-14(12)20-9-10-8-11(15)6-7-13(10)17(18)19/h6-8,12,14,16H,2-5,9H2,1H3. The zero-order chi connectivity index (χ0) is 14.5. The van der Waals surface area contributed by atoms with Crippen LogP contribution in [-0.4, -0.2) is 24.1 Å². The second kappa shape index (κ2) is 6.76. The molecule has 1 saturated carbocycles. The topological polar surface area (TPSA) is 64.4 Å². The van der Waals surface area contributed by atoms with E-state index in [2.05, 4.69) is 5.32 Å². The molecule has 1 aromatic carbocycles. The number of nitrogens with one attached hydrogen (secondary N) is 1. The van der Waals surface area contributed by atoms with E-state index in [0.29, 0.717) is 0 Å². The summed E-state index contributed by atoms with van der Waals surface area (Å²) in [6, 6.07) is 3.72. The summed E-state index contributed by atoms with van der Waals surface area (Å²) in [6.45, 7) is 0.0664. The monoisotopic (exact) mass is 282 g/mol. The van der Waals surface area contributed by atoms with Crippen LogP contribution in [0.15, 0.2) is 18.2 Å². The quantitative estimate of drug-likeness (QED) is 0.666. The molecule has 2 atom stereocenters. The Hall–Kier alpha value is -1.53. The molecule has 0 bridgehead atoms. The molecule has 1 aliphatic rings. The molecule has 0 heterocycles. The Labute approximate surface area is 117 Å². The maximum atomic E-state index is 13.2. The average Bonchev–Trinajstić information content (AvgIpc) is 2.45. The van der Waals surface area contributed by atoms with Crippen LogP contribution in [0.2, 0.25) is 0 Å². The van der Waals surface area contributed by atoms with Crippen LogP contribution >= 0.6 is 0 Å². The van der Waals surface area contributed by atoms with Gasteiger partial charge in [-0.05, 0) is 32.0 Å². The van der Waals surface area contributed by atoms with Crippen molar-refractivity contribution >= 4 is 5.69 Å². The predicted octanol–water partition coefficient (Wildman–Crippen LogP) is 2.78. The molecule has 1 N–H and O–H groups in total. The molecule has 2 unspecified atom stereocenters. The molecule has 5 nitrogen and oxygen atoms in total. The van der Waals surface area contributed by atoms with Gasteiger partial charge < -0.3 is 10.1 Å². The molecule has 1 aliphatic carbocycles. The highest BCUT2D eigenvalue weighted by molar-refractivity contribution is 5.39. The number of likely N-dealkylation sites (N-methyl/N-ethyl adjacent to an activating group) is 1.